The number of nitrogens with one attached hydrogen (secondary N) is 1. The molecule has 4 nitrogen and oxygen atoms in total. The topological polar surface area (TPSA) is 58.4 Å². The fourth-order valence-corrected chi connectivity index (χ4v) is 2.40. The van der Waals surface area contributed by atoms with Gasteiger partial charge in [-0.1, -0.05) is 0 Å². The summed E-state index contributed by atoms with van der Waals surface area (Å²) in [5.41, 5.74) is 5.95. The van der Waals surface area contributed by atoms with Gasteiger partial charge in [0.15, 0.2) is 0 Å². The molecule has 0 aromatic heterocycles. The number of rotatable bonds is 2. The summed E-state index contributed by atoms with van der Waals surface area (Å²) in [5, 5.41) is 2.82. The highest BCUT2D eigenvalue weighted by Gasteiger charge is 2.39. The molecule has 0 radical (unpaired) electrons. The van der Waals surface area contributed by atoms with Crippen LogP contribution in [0.1, 0.15) is 12.8 Å². The first kappa shape index (κ1) is 8.01. The number of piperidine rings is 3. The first-order valence-corrected chi connectivity index (χ1v) is 4.52. The van der Waals surface area contributed by atoms with Gasteiger partial charge in [0.05, 0.1) is 12.2 Å². The van der Waals surface area contributed by atoms with E-state index in [4.69, 9.17) is 5.73 Å². The van der Waals surface area contributed by atoms with Gasteiger partial charge in [0.2, 0.25) is 6.41 Å². The van der Waals surface area contributed by atoms with Gasteiger partial charge < -0.3 is 11.1 Å². The third-order valence-corrected chi connectivity index (χ3v) is 3.13. The monoisotopic (exact) mass is 169 g/mol. The van der Waals surface area contributed by atoms with Gasteiger partial charge in [-0.3, -0.25) is 9.69 Å². The van der Waals surface area contributed by atoms with Gasteiger partial charge in [0.25, 0.3) is 0 Å². The zero-order chi connectivity index (χ0) is 8.55. The van der Waals surface area contributed by atoms with Crippen LogP contribution in [0.3, 0.4) is 0 Å². The third-order valence-electron chi connectivity index (χ3n) is 3.13. The SMILES string of the molecule is N[C@H]1C(NC=O)C2CCN1CC2. The van der Waals surface area contributed by atoms with Crippen LogP contribution in [0, 0.1) is 5.92 Å². The maximum atomic E-state index is 10.3. The molecule has 3 N–H and O–H groups in total. The minimum atomic E-state index is 0.0442. The molecule has 0 aliphatic carbocycles. The van der Waals surface area contributed by atoms with Crippen LogP contribution in [-0.4, -0.2) is 36.6 Å². The molecular weight excluding hydrogens is 154 g/mol. The van der Waals surface area contributed by atoms with E-state index in [-0.39, 0.29) is 12.2 Å². The average Bonchev–Trinajstić information content (AvgIpc) is 2.12. The Morgan fingerprint density at radius 3 is 2.58 bits per heavy atom. The highest BCUT2D eigenvalue weighted by molar-refractivity contribution is 5.47. The summed E-state index contributed by atoms with van der Waals surface area (Å²) in [6, 6.07) is 0.185. The van der Waals surface area contributed by atoms with Crippen molar-refractivity contribution in [2.75, 3.05) is 13.1 Å². The Labute approximate surface area is 72.1 Å². The molecule has 12 heavy (non-hydrogen) atoms. The number of hydrogen-bond acceptors (Lipinski definition) is 3. The fraction of sp³-hybridized carbons (Fsp3) is 0.875. The molecule has 0 aromatic carbocycles. The van der Waals surface area contributed by atoms with Crippen LogP contribution >= 0.6 is 0 Å². The van der Waals surface area contributed by atoms with Crippen LogP contribution in [0.5, 0.6) is 0 Å². The second-order valence-electron chi connectivity index (χ2n) is 3.67. The zero-order valence-corrected chi connectivity index (χ0v) is 7.07. The molecule has 3 rings (SSSR count). The first-order valence-electron chi connectivity index (χ1n) is 4.52. The summed E-state index contributed by atoms with van der Waals surface area (Å²) >= 11 is 0. The quantitative estimate of drug-likeness (QED) is 0.527. The Hall–Kier alpha value is -0.610. The summed E-state index contributed by atoms with van der Waals surface area (Å²) in [6.07, 6.45) is 3.17. The number of nitrogens with two attached hydrogens (primary N) is 1. The van der Waals surface area contributed by atoms with Crippen LogP contribution in [0.2, 0.25) is 0 Å². The van der Waals surface area contributed by atoms with E-state index in [0.29, 0.717) is 5.92 Å². The van der Waals surface area contributed by atoms with Crippen LogP contribution in [0.25, 0.3) is 0 Å². The van der Waals surface area contributed by atoms with Crippen molar-refractivity contribution < 1.29 is 4.79 Å². The van der Waals surface area contributed by atoms with Crippen molar-refractivity contribution in [2.45, 2.75) is 25.0 Å². The molecule has 1 amide bonds. The lowest BCUT2D eigenvalue weighted by Crippen LogP contribution is -2.66. The molecule has 1 unspecified atom stereocenters. The van der Waals surface area contributed by atoms with Crippen molar-refractivity contribution >= 4 is 6.41 Å². The Bertz CT molecular complexity index is 175. The van der Waals surface area contributed by atoms with E-state index < -0.39 is 0 Å². The van der Waals surface area contributed by atoms with Gasteiger partial charge >= 0.3 is 0 Å². The summed E-state index contributed by atoms with van der Waals surface area (Å²) in [7, 11) is 0. The highest BCUT2D eigenvalue weighted by atomic mass is 16.1. The Balaban J connectivity index is 2.07. The standard InChI is InChI=1S/C8H15N3O/c9-8-7(10-5-12)6-1-3-11(8)4-2-6/h5-8H,1-4,9H2,(H,10,12)/t7?,8-/m1/s1. The van der Waals surface area contributed by atoms with Crippen molar-refractivity contribution in [3.63, 3.8) is 0 Å². The molecule has 2 bridgehead atoms. The molecule has 3 aliphatic rings. The smallest absolute Gasteiger partial charge is 0.207 e. The van der Waals surface area contributed by atoms with E-state index in [1.165, 1.54) is 12.8 Å². The van der Waals surface area contributed by atoms with Gasteiger partial charge in [0, 0.05) is 13.1 Å². The van der Waals surface area contributed by atoms with Crippen molar-refractivity contribution in [2.24, 2.45) is 11.7 Å². The number of fused-ring (bicyclic) bond motifs is 3. The van der Waals surface area contributed by atoms with E-state index in [9.17, 15) is 4.79 Å². The molecule has 3 aliphatic heterocycles. The average molecular weight is 169 g/mol. The maximum Gasteiger partial charge on any atom is 0.207 e. The predicted octanol–water partition coefficient (Wildman–Crippen LogP) is -0.889. The van der Waals surface area contributed by atoms with Crippen LogP contribution in [0.15, 0.2) is 0 Å². The predicted molar refractivity (Wildman–Crippen MR) is 45.3 cm³/mol. The van der Waals surface area contributed by atoms with E-state index in [0.717, 1.165) is 19.5 Å². The first-order chi connectivity index (χ1) is 5.83. The minimum Gasteiger partial charge on any atom is -0.353 e. The number of hydrogen-bond donors (Lipinski definition) is 2. The molecular formula is C8H15N3O. The summed E-state index contributed by atoms with van der Waals surface area (Å²) < 4.78 is 0. The fourth-order valence-electron chi connectivity index (χ4n) is 2.40. The molecule has 68 valence electrons. The number of carbonyl (C=O) groups excluding carboxylic acids is 1. The second kappa shape index (κ2) is 3.03. The molecule has 3 heterocycles. The van der Waals surface area contributed by atoms with Gasteiger partial charge in [-0.25, -0.2) is 0 Å². The van der Waals surface area contributed by atoms with E-state index in [1.54, 1.807) is 0 Å². The molecule has 3 saturated heterocycles. The normalized spacial score (nSPS) is 45.8. The number of nitrogens with zero attached hydrogens (tertiary/aromatic N) is 1. The highest BCUT2D eigenvalue weighted by Crippen LogP contribution is 2.29. The van der Waals surface area contributed by atoms with Crippen LogP contribution in [-0.2, 0) is 4.79 Å². The Kier molecular flexibility index (Phi) is 2.02. The Morgan fingerprint density at radius 1 is 1.42 bits per heavy atom. The summed E-state index contributed by atoms with van der Waals surface area (Å²) in [4.78, 5) is 12.6. The number of amides is 1. The van der Waals surface area contributed by atoms with Crippen molar-refractivity contribution in [3.8, 4) is 0 Å². The van der Waals surface area contributed by atoms with Gasteiger partial charge in [-0.2, -0.15) is 0 Å². The van der Waals surface area contributed by atoms with Crippen molar-refractivity contribution in [3.05, 3.63) is 0 Å². The van der Waals surface area contributed by atoms with Crippen LogP contribution < -0.4 is 11.1 Å². The molecule has 3 fully saturated rings. The van der Waals surface area contributed by atoms with Crippen molar-refractivity contribution in [1.29, 1.82) is 0 Å². The third kappa shape index (κ3) is 1.11. The summed E-state index contributed by atoms with van der Waals surface area (Å²) in [5.74, 6) is 0.607. The van der Waals surface area contributed by atoms with E-state index in [1.807, 2.05) is 0 Å². The Morgan fingerprint density at radius 2 is 2.08 bits per heavy atom. The van der Waals surface area contributed by atoms with Crippen LogP contribution in [0.4, 0.5) is 0 Å². The molecule has 2 atom stereocenters. The summed E-state index contributed by atoms with van der Waals surface area (Å²) in [6.45, 7) is 2.20. The second-order valence-corrected chi connectivity index (χ2v) is 3.67. The van der Waals surface area contributed by atoms with Gasteiger partial charge in [-0.05, 0) is 18.8 Å². The van der Waals surface area contributed by atoms with Gasteiger partial charge in [-0.15, -0.1) is 0 Å². The largest absolute Gasteiger partial charge is 0.353 e. The molecule has 0 aromatic rings. The molecule has 0 spiro atoms. The van der Waals surface area contributed by atoms with Gasteiger partial charge in [0.1, 0.15) is 0 Å². The number of carbonyl (C=O) groups is 1. The van der Waals surface area contributed by atoms with E-state index in [2.05, 4.69) is 10.2 Å². The molecule has 0 saturated carbocycles. The van der Waals surface area contributed by atoms with Crippen molar-refractivity contribution in [1.82, 2.24) is 10.2 Å². The zero-order valence-electron chi connectivity index (χ0n) is 7.07. The minimum absolute atomic E-state index is 0.0442. The molecule has 4 heteroatoms. The lowest BCUT2D eigenvalue weighted by atomic mass is 9.82. The lowest BCUT2D eigenvalue weighted by molar-refractivity contribution is -0.112. The van der Waals surface area contributed by atoms with E-state index >= 15 is 0 Å². The maximum absolute atomic E-state index is 10.3. The lowest BCUT2D eigenvalue weighted by Gasteiger charge is -2.49.